The number of halogens is 1. The van der Waals surface area contributed by atoms with Crippen LogP contribution in [0.25, 0.3) is 55.7 Å². The number of fused-ring (bicyclic) bond motifs is 2. The number of benzene rings is 2. The summed E-state index contributed by atoms with van der Waals surface area (Å²) in [6.07, 6.45) is 7.11. The van der Waals surface area contributed by atoms with Gasteiger partial charge < -0.3 is 9.88 Å². The van der Waals surface area contributed by atoms with Gasteiger partial charge in [0.15, 0.2) is 5.82 Å². The molecule has 0 radical (unpaired) electrons. The van der Waals surface area contributed by atoms with E-state index in [0.717, 1.165) is 44.4 Å². The summed E-state index contributed by atoms with van der Waals surface area (Å²) in [6.45, 7) is 0. The number of imidazole rings is 1. The van der Waals surface area contributed by atoms with Crippen molar-refractivity contribution >= 4 is 27.6 Å². The summed E-state index contributed by atoms with van der Waals surface area (Å²) >= 11 is 0. The van der Waals surface area contributed by atoms with Gasteiger partial charge in [0.05, 0.1) is 34.6 Å². The van der Waals surface area contributed by atoms with Crippen molar-refractivity contribution in [1.82, 2.24) is 30.1 Å². The maximum absolute atomic E-state index is 13.8. The van der Waals surface area contributed by atoms with Gasteiger partial charge in [-0.3, -0.25) is 15.1 Å². The molecule has 166 valence electrons. The van der Waals surface area contributed by atoms with Crippen molar-refractivity contribution in [2.75, 3.05) is 19.0 Å². The predicted octanol–water partition coefficient (Wildman–Crippen LogP) is 5.44. The molecule has 7 nitrogen and oxygen atoms in total. The number of pyridine rings is 2. The average molecular weight is 449 g/mol. The summed E-state index contributed by atoms with van der Waals surface area (Å²) in [5.41, 5.74) is 7.63. The molecular weight excluding hydrogens is 429 g/mol. The van der Waals surface area contributed by atoms with Gasteiger partial charge in [-0.15, -0.1) is 0 Å². The second-order valence-electron chi connectivity index (χ2n) is 8.34. The smallest absolute Gasteiger partial charge is 0.159 e. The highest BCUT2D eigenvalue weighted by Crippen LogP contribution is 2.33. The van der Waals surface area contributed by atoms with Crippen LogP contribution < -0.4 is 4.90 Å². The largest absolute Gasteiger partial charge is 0.376 e. The first-order chi connectivity index (χ1) is 16.6. The summed E-state index contributed by atoms with van der Waals surface area (Å²) < 4.78 is 13.8. The maximum Gasteiger partial charge on any atom is 0.159 e. The topological polar surface area (TPSA) is 86.4 Å². The molecule has 0 bridgehead atoms. The van der Waals surface area contributed by atoms with Crippen LogP contribution in [0, 0.1) is 5.82 Å². The molecule has 0 saturated heterocycles. The summed E-state index contributed by atoms with van der Waals surface area (Å²) in [6, 6.07) is 14.7. The fraction of sp³-hybridized carbons (Fsp3) is 0.0769. The normalized spacial score (nSPS) is 11.4. The summed E-state index contributed by atoms with van der Waals surface area (Å²) in [5.74, 6) is 0.313. The Balaban J connectivity index is 1.48. The van der Waals surface area contributed by atoms with Crippen molar-refractivity contribution < 1.29 is 4.39 Å². The third-order valence-corrected chi connectivity index (χ3v) is 5.89. The molecule has 8 heteroatoms. The van der Waals surface area contributed by atoms with Gasteiger partial charge in [-0.05, 0) is 41.5 Å². The molecule has 0 aliphatic carbocycles. The first-order valence-corrected chi connectivity index (χ1v) is 10.8. The molecule has 0 spiro atoms. The molecule has 6 rings (SSSR count). The van der Waals surface area contributed by atoms with Crippen LogP contribution in [0.15, 0.2) is 73.3 Å². The number of aromatic amines is 2. The molecular formula is C26H20FN7. The Labute approximate surface area is 194 Å². The zero-order valence-corrected chi connectivity index (χ0v) is 18.5. The number of anilines is 1. The lowest BCUT2D eigenvalue weighted by atomic mass is 10.0. The number of aromatic nitrogens is 6. The monoisotopic (exact) mass is 449 g/mol. The highest BCUT2D eigenvalue weighted by molar-refractivity contribution is 5.98. The van der Waals surface area contributed by atoms with E-state index < -0.39 is 0 Å². The van der Waals surface area contributed by atoms with E-state index >= 15 is 0 Å². The molecule has 0 aliphatic rings. The van der Waals surface area contributed by atoms with E-state index in [1.165, 1.54) is 12.1 Å². The van der Waals surface area contributed by atoms with Gasteiger partial charge in [0, 0.05) is 43.0 Å². The predicted molar refractivity (Wildman–Crippen MR) is 132 cm³/mol. The van der Waals surface area contributed by atoms with Gasteiger partial charge >= 0.3 is 0 Å². The van der Waals surface area contributed by atoms with E-state index in [1.54, 1.807) is 18.5 Å². The SMILES string of the molecule is CN(C)c1cncc(-c2ccc3[nH]nc(-c4nc5c(-c6cccc(F)c6)cncc5[nH]4)c3c2)c1. The van der Waals surface area contributed by atoms with Crippen molar-refractivity contribution in [2.24, 2.45) is 0 Å². The summed E-state index contributed by atoms with van der Waals surface area (Å²) in [4.78, 5) is 18.9. The zero-order valence-electron chi connectivity index (χ0n) is 18.5. The third-order valence-electron chi connectivity index (χ3n) is 5.89. The van der Waals surface area contributed by atoms with Crippen molar-refractivity contribution in [3.05, 3.63) is 79.1 Å². The molecule has 6 aromatic rings. The van der Waals surface area contributed by atoms with Crippen LogP contribution in [-0.2, 0) is 0 Å². The number of H-pyrrole nitrogens is 2. The molecule has 0 aliphatic heterocycles. The minimum absolute atomic E-state index is 0.302. The summed E-state index contributed by atoms with van der Waals surface area (Å²) in [7, 11) is 3.99. The highest BCUT2D eigenvalue weighted by atomic mass is 19.1. The van der Waals surface area contributed by atoms with E-state index in [0.29, 0.717) is 17.0 Å². The molecule has 0 saturated carbocycles. The quantitative estimate of drug-likeness (QED) is 0.375. The van der Waals surface area contributed by atoms with E-state index in [4.69, 9.17) is 4.98 Å². The lowest BCUT2D eigenvalue weighted by Gasteiger charge is -2.13. The van der Waals surface area contributed by atoms with Crippen LogP contribution in [0.1, 0.15) is 0 Å². The molecule has 2 N–H and O–H groups in total. The molecule has 0 atom stereocenters. The molecule has 2 aromatic carbocycles. The van der Waals surface area contributed by atoms with Gasteiger partial charge in [-0.2, -0.15) is 5.10 Å². The molecule has 34 heavy (non-hydrogen) atoms. The number of rotatable bonds is 4. The lowest BCUT2D eigenvalue weighted by molar-refractivity contribution is 0.628. The fourth-order valence-corrected chi connectivity index (χ4v) is 4.12. The minimum atomic E-state index is -0.302. The second-order valence-corrected chi connectivity index (χ2v) is 8.34. The van der Waals surface area contributed by atoms with Crippen molar-refractivity contribution in [3.63, 3.8) is 0 Å². The highest BCUT2D eigenvalue weighted by Gasteiger charge is 2.16. The number of hydrogen-bond donors (Lipinski definition) is 2. The maximum atomic E-state index is 13.8. The van der Waals surface area contributed by atoms with E-state index in [-0.39, 0.29) is 5.82 Å². The van der Waals surface area contributed by atoms with Crippen molar-refractivity contribution in [3.8, 4) is 33.8 Å². The van der Waals surface area contributed by atoms with Gasteiger partial charge in [0.2, 0.25) is 0 Å². The third kappa shape index (κ3) is 3.36. The van der Waals surface area contributed by atoms with E-state index in [9.17, 15) is 4.39 Å². The number of nitrogens with zero attached hydrogens (tertiary/aromatic N) is 5. The second kappa shape index (κ2) is 7.77. The lowest BCUT2D eigenvalue weighted by Crippen LogP contribution is -2.08. The van der Waals surface area contributed by atoms with Gasteiger partial charge in [0.1, 0.15) is 11.5 Å². The van der Waals surface area contributed by atoms with Crippen molar-refractivity contribution in [1.29, 1.82) is 0 Å². The number of hydrogen-bond acceptors (Lipinski definition) is 5. The molecule has 0 amide bonds. The van der Waals surface area contributed by atoms with E-state index in [2.05, 4.69) is 37.3 Å². The molecule has 4 heterocycles. The first-order valence-electron chi connectivity index (χ1n) is 10.8. The van der Waals surface area contributed by atoms with Crippen LogP contribution >= 0.6 is 0 Å². The molecule has 0 unspecified atom stereocenters. The van der Waals surface area contributed by atoms with Gasteiger partial charge in [-0.1, -0.05) is 18.2 Å². The summed E-state index contributed by atoms with van der Waals surface area (Å²) in [5, 5.41) is 8.57. The van der Waals surface area contributed by atoms with Gasteiger partial charge in [-0.25, -0.2) is 9.37 Å². The van der Waals surface area contributed by atoms with Crippen molar-refractivity contribution in [2.45, 2.75) is 0 Å². The van der Waals surface area contributed by atoms with Crippen LogP contribution in [0.5, 0.6) is 0 Å². The molecule has 4 aromatic heterocycles. The Hall–Kier alpha value is -4.59. The average Bonchev–Trinajstić information content (AvgIpc) is 3.47. The van der Waals surface area contributed by atoms with Crippen LogP contribution in [-0.4, -0.2) is 44.2 Å². The van der Waals surface area contributed by atoms with Crippen LogP contribution in [0.3, 0.4) is 0 Å². The minimum Gasteiger partial charge on any atom is -0.376 e. The Bertz CT molecular complexity index is 1670. The van der Waals surface area contributed by atoms with Gasteiger partial charge in [0.25, 0.3) is 0 Å². The Morgan fingerprint density at radius 2 is 1.71 bits per heavy atom. The van der Waals surface area contributed by atoms with Crippen LogP contribution in [0.4, 0.5) is 10.1 Å². The first kappa shape index (κ1) is 20.0. The standard InChI is InChI=1S/C26H20FN7/c1-34(2)19-9-17(11-28-12-19)15-6-7-22-20(10-15)25(33-32-22)26-30-23-14-29-13-21(24(23)31-26)16-4-3-5-18(27)8-16/h3-14H,1-2H3,(H,30,31)(H,32,33). The van der Waals surface area contributed by atoms with Crippen LogP contribution in [0.2, 0.25) is 0 Å². The van der Waals surface area contributed by atoms with E-state index in [1.807, 2.05) is 49.6 Å². The fourth-order valence-electron chi connectivity index (χ4n) is 4.12. The Morgan fingerprint density at radius 1 is 0.824 bits per heavy atom. The Kier molecular flexibility index (Phi) is 4.58. The molecule has 0 fully saturated rings. The number of nitrogens with one attached hydrogen (secondary N) is 2. The zero-order chi connectivity index (χ0) is 23.2. The Morgan fingerprint density at radius 3 is 2.56 bits per heavy atom.